The largest absolute Gasteiger partial charge is 0.497 e. The number of hydrogen-bond donors (Lipinski definition) is 2. The molecule has 13 nitrogen and oxygen atoms in total. The number of anilines is 1. The van der Waals surface area contributed by atoms with Gasteiger partial charge in [-0.3, -0.25) is 19.1 Å². The molecule has 2 amide bonds. The second-order valence-corrected chi connectivity index (χ2v) is 20.2. The SMILES string of the molecule is COc1ccc(COC(=O)C2=C(C[n+]3cccc4c3CCC4)CS[C@@H]3[C@H](NC(=O)/C(=C\P(=O)(OC)OC)c4csc(NC(c5ccccc5)(c5ccccc5)c5ccccc5)n4)C(=O)N23)cc1. The van der Waals surface area contributed by atoms with Gasteiger partial charge in [-0.2, -0.15) is 4.57 Å². The van der Waals surface area contributed by atoms with Crippen molar-refractivity contribution in [2.75, 3.05) is 32.4 Å². The van der Waals surface area contributed by atoms with Crippen molar-refractivity contribution in [1.82, 2.24) is 15.2 Å². The first kappa shape index (κ1) is 45.8. The zero-order valence-corrected chi connectivity index (χ0v) is 39.7. The maximum Gasteiger partial charge on any atom is 0.355 e. The first-order valence-electron chi connectivity index (χ1n) is 21.8. The number of thioether (sulfide) groups is 1. The monoisotopic (exact) mass is 954 g/mol. The third-order valence-electron chi connectivity index (χ3n) is 12.3. The summed E-state index contributed by atoms with van der Waals surface area (Å²) in [4.78, 5) is 49.6. The van der Waals surface area contributed by atoms with E-state index in [9.17, 15) is 18.9 Å². The summed E-state index contributed by atoms with van der Waals surface area (Å²) in [6.07, 6.45) is 4.97. The topological polar surface area (TPSA) is 149 Å². The molecule has 2 aliphatic heterocycles. The van der Waals surface area contributed by atoms with Crippen LogP contribution in [0.15, 0.2) is 156 Å². The second kappa shape index (κ2) is 19.9. The van der Waals surface area contributed by atoms with Crippen molar-refractivity contribution in [1.29, 1.82) is 0 Å². The zero-order valence-electron chi connectivity index (χ0n) is 37.1. The fourth-order valence-electron chi connectivity index (χ4n) is 8.89. The Morgan fingerprint density at radius 2 is 1.51 bits per heavy atom. The highest BCUT2D eigenvalue weighted by Gasteiger charge is 2.55. The smallest absolute Gasteiger partial charge is 0.355 e. The molecule has 1 saturated heterocycles. The molecule has 342 valence electrons. The van der Waals surface area contributed by atoms with Gasteiger partial charge >= 0.3 is 13.6 Å². The number of aryl methyl sites for hydroxylation is 1. The molecule has 0 unspecified atom stereocenters. The van der Waals surface area contributed by atoms with Crippen LogP contribution in [0.3, 0.4) is 0 Å². The summed E-state index contributed by atoms with van der Waals surface area (Å²) in [6.45, 7) is 0.377. The first-order chi connectivity index (χ1) is 32.6. The number of esters is 1. The zero-order chi connectivity index (χ0) is 46.5. The minimum Gasteiger partial charge on any atom is -0.497 e. The molecule has 9 rings (SSSR count). The van der Waals surface area contributed by atoms with Crippen LogP contribution in [0.4, 0.5) is 5.13 Å². The molecule has 4 aromatic carbocycles. The first-order valence-corrected chi connectivity index (χ1v) is 25.3. The summed E-state index contributed by atoms with van der Waals surface area (Å²) in [5.41, 5.74) is 6.15. The third kappa shape index (κ3) is 9.22. The van der Waals surface area contributed by atoms with Crippen LogP contribution in [0.1, 0.15) is 45.6 Å². The van der Waals surface area contributed by atoms with Crippen molar-refractivity contribution in [3.63, 3.8) is 0 Å². The Morgan fingerprint density at radius 1 is 0.866 bits per heavy atom. The molecule has 0 saturated carbocycles. The number of hydrogen-bond acceptors (Lipinski definition) is 12. The lowest BCUT2D eigenvalue weighted by Gasteiger charge is -2.49. The van der Waals surface area contributed by atoms with Crippen molar-refractivity contribution < 1.29 is 42.0 Å². The van der Waals surface area contributed by atoms with Crippen molar-refractivity contribution >= 4 is 59.2 Å². The number of ether oxygens (including phenoxy) is 2. The van der Waals surface area contributed by atoms with Crippen LogP contribution in [0, 0.1) is 0 Å². The lowest BCUT2D eigenvalue weighted by atomic mass is 9.77. The lowest BCUT2D eigenvalue weighted by Crippen LogP contribution is -2.70. The molecule has 67 heavy (non-hydrogen) atoms. The Kier molecular flexibility index (Phi) is 13.6. The van der Waals surface area contributed by atoms with Crippen molar-refractivity contribution in [2.24, 2.45) is 0 Å². The number of fused-ring (bicyclic) bond motifs is 2. The quantitative estimate of drug-likeness (QED) is 0.0227. The molecule has 2 N–H and O–H groups in total. The predicted octanol–water partition coefficient (Wildman–Crippen LogP) is 8.26. The maximum atomic E-state index is 14.6. The van der Waals surface area contributed by atoms with Crippen LogP contribution in [0.2, 0.25) is 0 Å². The molecule has 4 heterocycles. The van der Waals surface area contributed by atoms with Gasteiger partial charge < -0.3 is 29.2 Å². The minimum absolute atomic E-state index is 0.0195. The molecule has 0 spiro atoms. The predicted molar refractivity (Wildman–Crippen MR) is 258 cm³/mol. The Morgan fingerprint density at radius 3 is 2.12 bits per heavy atom. The summed E-state index contributed by atoms with van der Waals surface area (Å²) in [5, 5.41) is 8.13. The van der Waals surface area contributed by atoms with Crippen molar-refractivity contribution in [3.05, 3.63) is 195 Å². The molecular formula is C51H49N5O8PS2+. The lowest BCUT2D eigenvalue weighted by molar-refractivity contribution is -0.696. The van der Waals surface area contributed by atoms with E-state index in [1.54, 1.807) is 24.6 Å². The van der Waals surface area contributed by atoms with Gasteiger partial charge in [0.2, 0.25) is 0 Å². The molecule has 1 fully saturated rings. The number of methoxy groups -OCH3 is 1. The molecular weight excluding hydrogens is 906 g/mol. The van der Waals surface area contributed by atoms with E-state index >= 15 is 0 Å². The fraction of sp³-hybridized carbons (Fsp3) is 0.235. The summed E-state index contributed by atoms with van der Waals surface area (Å²) in [5.74, 6) is 0.367. The number of pyridine rings is 1. The number of thiazole rings is 1. The molecule has 0 radical (unpaired) electrons. The average Bonchev–Trinajstić information content (AvgIpc) is 4.07. The molecule has 2 aromatic heterocycles. The number of carbonyl (C=O) groups is 3. The summed E-state index contributed by atoms with van der Waals surface area (Å²) < 4.78 is 37.7. The van der Waals surface area contributed by atoms with E-state index in [-0.39, 0.29) is 23.6 Å². The summed E-state index contributed by atoms with van der Waals surface area (Å²) in [6, 6.07) is 40.4. The van der Waals surface area contributed by atoms with Crippen LogP contribution in [-0.2, 0) is 64.3 Å². The van der Waals surface area contributed by atoms with Crippen molar-refractivity contribution in [2.45, 2.75) is 49.4 Å². The van der Waals surface area contributed by atoms with Crippen LogP contribution in [0.25, 0.3) is 5.57 Å². The second-order valence-electron chi connectivity index (χ2n) is 16.2. The summed E-state index contributed by atoms with van der Waals surface area (Å²) in [7, 11) is 0.0606. The van der Waals surface area contributed by atoms with Crippen molar-refractivity contribution in [3.8, 4) is 5.75 Å². The van der Waals surface area contributed by atoms with Gasteiger partial charge in [0.1, 0.15) is 35.0 Å². The number of amides is 2. The molecule has 16 heteroatoms. The normalized spacial score (nSPS) is 17.0. The van der Waals surface area contributed by atoms with Gasteiger partial charge in [-0.1, -0.05) is 103 Å². The van der Waals surface area contributed by atoms with Crippen LogP contribution >= 0.6 is 30.7 Å². The van der Waals surface area contributed by atoms with Gasteiger partial charge in [0.25, 0.3) is 11.8 Å². The van der Waals surface area contributed by atoms with Gasteiger partial charge in [0.15, 0.2) is 23.6 Å². The van der Waals surface area contributed by atoms with Crippen LogP contribution in [-0.4, -0.2) is 66.2 Å². The van der Waals surface area contributed by atoms with Crippen LogP contribution < -0.4 is 19.9 Å². The van der Waals surface area contributed by atoms with Gasteiger partial charge in [0.05, 0.1) is 18.4 Å². The number of β-lactam (4-membered cyclic amide) rings is 1. The van der Waals surface area contributed by atoms with E-state index in [4.69, 9.17) is 23.5 Å². The Balaban J connectivity index is 1.02. The molecule has 6 aromatic rings. The van der Waals surface area contributed by atoms with E-state index in [1.807, 2.05) is 115 Å². The van der Waals surface area contributed by atoms with E-state index < -0.39 is 42.3 Å². The fourth-order valence-corrected chi connectivity index (χ4v) is 11.9. The average molecular weight is 955 g/mol. The Bertz CT molecular complexity index is 2790. The number of aromatic nitrogens is 2. The number of nitrogens with one attached hydrogen (secondary N) is 2. The molecule has 3 aliphatic rings. The third-order valence-corrected chi connectivity index (χ3v) is 16.0. The highest BCUT2D eigenvalue weighted by atomic mass is 32.2. The van der Waals surface area contributed by atoms with Crippen LogP contribution in [0.5, 0.6) is 5.75 Å². The van der Waals surface area contributed by atoms with E-state index in [2.05, 4.69) is 21.3 Å². The standard InChI is InChI=1S/C51H48N5O8PS2/c1-61-40-26-24-34(25-27-40)30-64-49(59)45-36(29-55-28-14-16-35-15-13-23-43(35)55)32-66-48-44(47(58)56(45)48)53-46(57)41(31-65(60,62-2)63-3)42-33-67-50(52-42)54-51(37-17-7-4-8-18-37,38-19-9-5-10-20-38)39-21-11-6-12-22-39/h4-12,14,16-22,24-28,31,33,44,48H,13,15,23,29-30,32H2,1-3H3,(H-,52,53,54,57)/p+1/b41-31-/t44-,48-/m1/s1. The molecule has 1 aliphatic carbocycles. The number of carbonyl (C=O) groups excluding carboxylic acids is 3. The van der Waals surface area contributed by atoms with Gasteiger partial charge in [-0.15, -0.1) is 23.1 Å². The number of nitrogens with zero attached hydrogens (tertiary/aromatic N) is 3. The van der Waals surface area contributed by atoms with E-state index in [0.717, 1.165) is 52.9 Å². The highest BCUT2D eigenvalue weighted by molar-refractivity contribution is 8.00. The Labute approximate surface area is 397 Å². The van der Waals surface area contributed by atoms with Gasteiger partial charge in [0, 0.05) is 54.8 Å². The van der Waals surface area contributed by atoms with Gasteiger partial charge in [-0.05, 0) is 53.3 Å². The Hall–Kier alpha value is -6.35. The molecule has 0 bridgehead atoms. The van der Waals surface area contributed by atoms with E-state index in [0.29, 0.717) is 23.2 Å². The van der Waals surface area contributed by atoms with Gasteiger partial charge in [-0.25, -0.2) is 9.78 Å². The number of rotatable bonds is 17. The minimum atomic E-state index is -3.98. The number of benzene rings is 4. The molecule has 2 atom stereocenters. The van der Waals surface area contributed by atoms with E-state index in [1.165, 1.54) is 53.5 Å². The highest BCUT2D eigenvalue weighted by Crippen LogP contribution is 2.51. The summed E-state index contributed by atoms with van der Waals surface area (Å²) >= 11 is 2.71. The maximum absolute atomic E-state index is 14.6.